The van der Waals surface area contributed by atoms with Crippen LogP contribution in [0.2, 0.25) is 0 Å². The van der Waals surface area contributed by atoms with E-state index in [1.54, 1.807) is 0 Å². The Kier molecular flexibility index (Phi) is 2.91. The summed E-state index contributed by atoms with van der Waals surface area (Å²) in [6.45, 7) is 7.39. The standard InChI is InChI=1S/C11H21NO2/c1-10(2,11(3,4)12)9(13)14-8-6-5-7-8/h8H,5-7,12H2,1-4H3. The third kappa shape index (κ3) is 2.08. The molecule has 0 atom stereocenters. The van der Waals surface area contributed by atoms with Crippen LogP contribution in [0.5, 0.6) is 0 Å². The largest absolute Gasteiger partial charge is 0.462 e. The van der Waals surface area contributed by atoms with E-state index in [2.05, 4.69) is 0 Å². The summed E-state index contributed by atoms with van der Waals surface area (Å²) in [6.07, 6.45) is 3.33. The van der Waals surface area contributed by atoms with E-state index in [1.807, 2.05) is 27.7 Å². The van der Waals surface area contributed by atoms with E-state index in [9.17, 15) is 4.79 Å². The third-order valence-corrected chi connectivity index (χ3v) is 3.45. The maximum absolute atomic E-state index is 11.8. The molecule has 0 saturated heterocycles. The molecule has 14 heavy (non-hydrogen) atoms. The summed E-state index contributed by atoms with van der Waals surface area (Å²) in [4.78, 5) is 11.8. The van der Waals surface area contributed by atoms with Crippen molar-refractivity contribution in [3.63, 3.8) is 0 Å². The highest BCUT2D eigenvalue weighted by Gasteiger charge is 2.43. The minimum atomic E-state index is -0.622. The van der Waals surface area contributed by atoms with Crippen LogP contribution in [0.4, 0.5) is 0 Å². The Hall–Kier alpha value is -0.570. The quantitative estimate of drug-likeness (QED) is 0.706. The van der Waals surface area contributed by atoms with Gasteiger partial charge in [0.15, 0.2) is 0 Å². The Morgan fingerprint density at radius 3 is 2.07 bits per heavy atom. The molecule has 1 aliphatic carbocycles. The van der Waals surface area contributed by atoms with Gasteiger partial charge in [0.05, 0.1) is 5.41 Å². The molecule has 0 heterocycles. The van der Waals surface area contributed by atoms with Gasteiger partial charge in [0.25, 0.3) is 0 Å². The van der Waals surface area contributed by atoms with Crippen LogP contribution in [0, 0.1) is 5.41 Å². The lowest BCUT2D eigenvalue weighted by Crippen LogP contribution is -2.53. The zero-order valence-electron chi connectivity index (χ0n) is 9.59. The summed E-state index contributed by atoms with van der Waals surface area (Å²) in [7, 11) is 0. The molecule has 0 aromatic rings. The molecule has 0 amide bonds. The van der Waals surface area contributed by atoms with Crippen molar-refractivity contribution < 1.29 is 9.53 Å². The lowest BCUT2D eigenvalue weighted by molar-refractivity contribution is -0.167. The van der Waals surface area contributed by atoms with Crippen LogP contribution in [0.1, 0.15) is 47.0 Å². The van der Waals surface area contributed by atoms with Crippen molar-refractivity contribution in [2.24, 2.45) is 11.1 Å². The van der Waals surface area contributed by atoms with E-state index in [0.29, 0.717) is 0 Å². The molecule has 0 aromatic carbocycles. The lowest BCUT2D eigenvalue weighted by atomic mass is 9.75. The maximum Gasteiger partial charge on any atom is 0.313 e. The first-order chi connectivity index (χ1) is 6.25. The van der Waals surface area contributed by atoms with Gasteiger partial charge in [-0.2, -0.15) is 0 Å². The van der Waals surface area contributed by atoms with E-state index >= 15 is 0 Å². The fourth-order valence-electron chi connectivity index (χ4n) is 1.05. The smallest absolute Gasteiger partial charge is 0.313 e. The second-order valence-electron chi connectivity index (χ2n) is 5.30. The van der Waals surface area contributed by atoms with Crippen molar-refractivity contribution in [3.8, 4) is 0 Å². The molecular weight excluding hydrogens is 178 g/mol. The number of nitrogens with two attached hydrogens (primary N) is 1. The number of esters is 1. The van der Waals surface area contributed by atoms with Crippen LogP contribution in [-0.2, 0) is 9.53 Å². The molecule has 0 aliphatic heterocycles. The summed E-state index contributed by atoms with van der Waals surface area (Å²) in [6, 6.07) is 0. The Morgan fingerprint density at radius 2 is 1.79 bits per heavy atom. The van der Waals surface area contributed by atoms with E-state index < -0.39 is 11.0 Å². The minimum absolute atomic E-state index is 0.143. The number of carbonyl (C=O) groups is 1. The van der Waals surface area contributed by atoms with Crippen LogP contribution in [0.15, 0.2) is 0 Å². The third-order valence-electron chi connectivity index (χ3n) is 3.45. The molecule has 0 spiro atoms. The molecule has 3 nitrogen and oxygen atoms in total. The number of ether oxygens (including phenoxy) is 1. The number of rotatable bonds is 3. The van der Waals surface area contributed by atoms with Crippen LogP contribution in [0.3, 0.4) is 0 Å². The van der Waals surface area contributed by atoms with E-state index in [4.69, 9.17) is 10.5 Å². The number of carbonyl (C=O) groups excluding carboxylic acids is 1. The zero-order chi connectivity index (χ0) is 11.0. The van der Waals surface area contributed by atoms with Crippen LogP contribution >= 0.6 is 0 Å². The molecule has 0 bridgehead atoms. The first-order valence-corrected chi connectivity index (χ1v) is 5.25. The van der Waals surface area contributed by atoms with Crippen LogP contribution < -0.4 is 5.73 Å². The van der Waals surface area contributed by atoms with Crippen molar-refractivity contribution >= 4 is 5.97 Å². The lowest BCUT2D eigenvalue weighted by Gasteiger charge is -2.38. The highest BCUT2D eigenvalue weighted by Crippen LogP contribution is 2.32. The SMILES string of the molecule is CC(C)(N)C(C)(C)C(=O)OC1CCC1. The van der Waals surface area contributed by atoms with Gasteiger partial charge in [0.2, 0.25) is 0 Å². The second kappa shape index (κ2) is 3.54. The molecular formula is C11H21NO2. The van der Waals surface area contributed by atoms with Crippen molar-refractivity contribution in [3.05, 3.63) is 0 Å². The van der Waals surface area contributed by atoms with Crippen molar-refractivity contribution in [1.29, 1.82) is 0 Å². The van der Waals surface area contributed by atoms with Crippen molar-refractivity contribution in [2.75, 3.05) is 0 Å². The molecule has 1 rings (SSSR count). The van der Waals surface area contributed by atoms with E-state index in [1.165, 1.54) is 6.42 Å². The van der Waals surface area contributed by atoms with Gasteiger partial charge in [-0.3, -0.25) is 4.79 Å². The molecule has 82 valence electrons. The average Bonchev–Trinajstić information content (AvgIpc) is 1.93. The van der Waals surface area contributed by atoms with E-state index in [-0.39, 0.29) is 12.1 Å². The van der Waals surface area contributed by atoms with Crippen molar-refractivity contribution in [2.45, 2.75) is 58.6 Å². The molecule has 0 aromatic heterocycles. The second-order valence-corrected chi connectivity index (χ2v) is 5.30. The van der Waals surface area contributed by atoms with Gasteiger partial charge in [-0.15, -0.1) is 0 Å². The summed E-state index contributed by atoms with van der Waals surface area (Å²) < 4.78 is 5.36. The van der Waals surface area contributed by atoms with E-state index in [0.717, 1.165) is 12.8 Å². The Labute approximate surface area is 86.0 Å². The Balaban J connectivity index is 2.57. The molecule has 1 fully saturated rings. The fraction of sp³-hybridized carbons (Fsp3) is 0.909. The predicted molar refractivity (Wildman–Crippen MR) is 55.8 cm³/mol. The van der Waals surface area contributed by atoms with Gasteiger partial charge in [0, 0.05) is 5.54 Å². The summed E-state index contributed by atoms with van der Waals surface area (Å²) >= 11 is 0. The Bertz CT molecular complexity index is 224. The molecule has 3 heteroatoms. The minimum Gasteiger partial charge on any atom is -0.462 e. The molecule has 0 unspecified atom stereocenters. The highest BCUT2D eigenvalue weighted by molar-refractivity contribution is 5.77. The number of hydrogen-bond donors (Lipinski definition) is 1. The summed E-state index contributed by atoms with van der Waals surface area (Å²) in [5.74, 6) is -0.172. The topological polar surface area (TPSA) is 52.3 Å². The first kappa shape index (κ1) is 11.5. The summed E-state index contributed by atoms with van der Waals surface area (Å²) in [5.41, 5.74) is 4.78. The van der Waals surface area contributed by atoms with Gasteiger partial charge >= 0.3 is 5.97 Å². The number of hydrogen-bond acceptors (Lipinski definition) is 3. The van der Waals surface area contributed by atoms with Gasteiger partial charge in [-0.05, 0) is 47.0 Å². The molecule has 2 N–H and O–H groups in total. The normalized spacial score (nSPS) is 18.9. The van der Waals surface area contributed by atoms with Gasteiger partial charge in [0.1, 0.15) is 6.10 Å². The maximum atomic E-state index is 11.8. The van der Waals surface area contributed by atoms with Gasteiger partial charge in [-0.1, -0.05) is 0 Å². The van der Waals surface area contributed by atoms with Gasteiger partial charge < -0.3 is 10.5 Å². The van der Waals surface area contributed by atoms with Gasteiger partial charge in [-0.25, -0.2) is 0 Å². The fourth-order valence-corrected chi connectivity index (χ4v) is 1.05. The monoisotopic (exact) mass is 199 g/mol. The predicted octanol–water partition coefficient (Wildman–Crippen LogP) is 1.85. The molecule has 1 saturated carbocycles. The first-order valence-electron chi connectivity index (χ1n) is 5.25. The van der Waals surface area contributed by atoms with Crippen LogP contribution in [0.25, 0.3) is 0 Å². The molecule has 1 aliphatic rings. The zero-order valence-corrected chi connectivity index (χ0v) is 9.59. The highest BCUT2D eigenvalue weighted by atomic mass is 16.5. The Morgan fingerprint density at radius 1 is 1.29 bits per heavy atom. The summed E-state index contributed by atoms with van der Waals surface area (Å²) in [5, 5.41) is 0. The average molecular weight is 199 g/mol. The van der Waals surface area contributed by atoms with Crippen molar-refractivity contribution in [1.82, 2.24) is 0 Å². The van der Waals surface area contributed by atoms with Crippen LogP contribution in [-0.4, -0.2) is 17.6 Å². The molecule has 0 radical (unpaired) electrons.